The van der Waals surface area contributed by atoms with Crippen LogP contribution in [0.4, 0.5) is 0 Å². The van der Waals surface area contributed by atoms with Crippen LogP contribution in [0, 0.1) is 11.8 Å². The molecule has 2 aliphatic rings. The highest BCUT2D eigenvalue weighted by Crippen LogP contribution is 2.65. The Balaban J connectivity index is 1.94. The average Bonchev–Trinajstić information content (AvgIpc) is 3.25. The van der Waals surface area contributed by atoms with Crippen molar-refractivity contribution in [1.82, 2.24) is 0 Å². The number of benzene rings is 2. The third-order valence-electron chi connectivity index (χ3n) is 4.67. The summed E-state index contributed by atoms with van der Waals surface area (Å²) in [4.78, 5) is 24.4. The highest BCUT2D eigenvalue weighted by Gasteiger charge is 2.74. The molecule has 1 saturated heterocycles. The molecule has 0 bridgehead atoms. The summed E-state index contributed by atoms with van der Waals surface area (Å²) in [6.45, 7) is -0.0958. The Morgan fingerprint density at radius 2 is 1.33 bits per heavy atom. The zero-order valence-electron chi connectivity index (χ0n) is 11.4. The van der Waals surface area contributed by atoms with Gasteiger partial charge >= 0.3 is 5.97 Å². The molecule has 0 N–H and O–H groups in total. The molecule has 2 unspecified atom stereocenters. The van der Waals surface area contributed by atoms with E-state index < -0.39 is 5.41 Å². The number of fused-ring (bicyclic) bond motifs is 1. The van der Waals surface area contributed by atoms with Crippen molar-refractivity contribution in [2.24, 2.45) is 11.8 Å². The molecule has 1 aliphatic heterocycles. The Labute approximate surface area is 122 Å². The zero-order chi connectivity index (χ0) is 14.4. The van der Waals surface area contributed by atoms with Gasteiger partial charge in [0.25, 0.3) is 0 Å². The molecule has 21 heavy (non-hydrogen) atoms. The summed E-state index contributed by atoms with van der Waals surface area (Å²) in [5, 5.41) is 0. The first-order valence-electron chi connectivity index (χ1n) is 7.06. The van der Waals surface area contributed by atoms with Crippen molar-refractivity contribution in [3.63, 3.8) is 0 Å². The Bertz CT molecular complexity index is 642. The largest absolute Gasteiger partial charge is 0.457 e. The number of Topliss-reactive ketones (excluding diaryl/α,β-unsaturated/α-hetero) is 1. The van der Waals surface area contributed by atoms with Gasteiger partial charge in [-0.05, 0) is 11.1 Å². The molecular weight excluding hydrogens is 264 g/mol. The second-order valence-corrected chi connectivity index (χ2v) is 5.63. The number of hydrogen-bond donors (Lipinski definition) is 0. The van der Waals surface area contributed by atoms with Crippen LogP contribution in [-0.4, -0.2) is 18.4 Å². The number of hydrogen-bond acceptors (Lipinski definition) is 3. The van der Waals surface area contributed by atoms with Crippen LogP contribution in [0.3, 0.4) is 0 Å². The summed E-state index contributed by atoms with van der Waals surface area (Å²) in [6.07, 6.45) is 0. The van der Waals surface area contributed by atoms with Crippen molar-refractivity contribution in [3.05, 3.63) is 71.8 Å². The van der Waals surface area contributed by atoms with Gasteiger partial charge in [0.1, 0.15) is 6.61 Å². The normalized spacial score (nSPS) is 25.9. The van der Waals surface area contributed by atoms with Crippen molar-refractivity contribution in [3.8, 4) is 0 Å². The standard InChI is InChI=1S/C18H14O3/c19-14-11-21-17(20)16-15(14)18(16,12-7-3-1-4-8-12)13-9-5-2-6-10-13/h1-10,15-16H,11H2. The Kier molecular flexibility index (Phi) is 2.52. The van der Waals surface area contributed by atoms with Gasteiger partial charge in [-0.2, -0.15) is 0 Å². The van der Waals surface area contributed by atoms with Gasteiger partial charge in [-0.3, -0.25) is 9.59 Å². The number of carbonyl (C=O) groups is 2. The first kappa shape index (κ1) is 12.3. The van der Waals surface area contributed by atoms with Crippen molar-refractivity contribution in [2.75, 3.05) is 6.61 Å². The summed E-state index contributed by atoms with van der Waals surface area (Å²) in [6, 6.07) is 19.6. The predicted molar refractivity (Wildman–Crippen MR) is 76.6 cm³/mol. The first-order valence-corrected chi connectivity index (χ1v) is 7.06. The molecule has 4 rings (SSSR count). The molecule has 2 atom stereocenters. The summed E-state index contributed by atoms with van der Waals surface area (Å²) in [7, 11) is 0. The minimum absolute atomic E-state index is 0.0207. The fourth-order valence-corrected chi connectivity index (χ4v) is 3.78. The number of rotatable bonds is 2. The van der Waals surface area contributed by atoms with Gasteiger partial charge in [0.05, 0.1) is 11.8 Å². The molecule has 2 fully saturated rings. The van der Waals surface area contributed by atoms with Gasteiger partial charge in [-0.25, -0.2) is 0 Å². The van der Waals surface area contributed by atoms with Crippen molar-refractivity contribution in [1.29, 1.82) is 0 Å². The van der Waals surface area contributed by atoms with Crippen molar-refractivity contribution in [2.45, 2.75) is 5.41 Å². The average molecular weight is 278 g/mol. The van der Waals surface area contributed by atoms with Crippen LogP contribution in [0.2, 0.25) is 0 Å². The van der Waals surface area contributed by atoms with Crippen molar-refractivity contribution >= 4 is 11.8 Å². The fraction of sp³-hybridized carbons (Fsp3) is 0.222. The molecule has 104 valence electrons. The Morgan fingerprint density at radius 1 is 0.810 bits per heavy atom. The molecule has 0 amide bonds. The Hall–Kier alpha value is -2.42. The quantitative estimate of drug-likeness (QED) is 0.792. The molecular formula is C18H14O3. The summed E-state index contributed by atoms with van der Waals surface area (Å²) in [5.74, 6) is -0.910. The lowest BCUT2D eigenvalue weighted by Gasteiger charge is -2.18. The fourth-order valence-electron chi connectivity index (χ4n) is 3.78. The van der Waals surface area contributed by atoms with Crippen LogP contribution in [0.15, 0.2) is 60.7 Å². The lowest BCUT2D eigenvalue weighted by Crippen LogP contribution is -2.24. The smallest absolute Gasteiger partial charge is 0.311 e. The maximum atomic E-state index is 12.3. The minimum atomic E-state index is -0.548. The van der Waals surface area contributed by atoms with E-state index >= 15 is 0 Å². The summed E-state index contributed by atoms with van der Waals surface area (Å²) < 4.78 is 5.05. The maximum Gasteiger partial charge on any atom is 0.311 e. The molecule has 3 nitrogen and oxygen atoms in total. The third-order valence-corrected chi connectivity index (χ3v) is 4.67. The molecule has 0 aromatic heterocycles. The number of ketones is 1. The van der Waals surface area contributed by atoms with E-state index in [2.05, 4.69) is 0 Å². The van der Waals surface area contributed by atoms with E-state index in [0.29, 0.717) is 0 Å². The SMILES string of the molecule is O=C1COC(=O)C2C1C2(c1ccccc1)c1ccccc1. The van der Waals surface area contributed by atoms with Crippen LogP contribution in [-0.2, 0) is 19.7 Å². The number of carbonyl (C=O) groups excluding carboxylic acids is 2. The monoisotopic (exact) mass is 278 g/mol. The minimum Gasteiger partial charge on any atom is -0.457 e. The van der Waals surface area contributed by atoms with E-state index in [1.54, 1.807) is 0 Å². The number of esters is 1. The van der Waals surface area contributed by atoms with Gasteiger partial charge in [-0.1, -0.05) is 60.7 Å². The van der Waals surface area contributed by atoms with Crippen LogP contribution in [0.5, 0.6) is 0 Å². The van der Waals surface area contributed by atoms with Crippen molar-refractivity contribution < 1.29 is 14.3 Å². The molecule has 1 saturated carbocycles. The van der Waals surface area contributed by atoms with Crippen LogP contribution in [0.1, 0.15) is 11.1 Å². The first-order chi connectivity index (χ1) is 10.3. The third kappa shape index (κ3) is 1.54. The van der Waals surface area contributed by atoms with Gasteiger partial charge in [0, 0.05) is 5.41 Å². The lowest BCUT2D eigenvalue weighted by atomic mass is 9.84. The highest BCUT2D eigenvalue weighted by atomic mass is 16.5. The van der Waals surface area contributed by atoms with E-state index in [1.165, 1.54) is 0 Å². The van der Waals surface area contributed by atoms with Gasteiger partial charge in [-0.15, -0.1) is 0 Å². The van der Waals surface area contributed by atoms with Gasteiger partial charge in [0.15, 0.2) is 5.78 Å². The molecule has 3 heteroatoms. The van der Waals surface area contributed by atoms with Crippen LogP contribution < -0.4 is 0 Å². The maximum absolute atomic E-state index is 12.3. The van der Waals surface area contributed by atoms with Crippen LogP contribution >= 0.6 is 0 Å². The molecule has 2 aromatic rings. The molecule has 2 aromatic carbocycles. The second kappa shape index (κ2) is 4.29. The molecule has 1 heterocycles. The Morgan fingerprint density at radius 3 is 1.81 bits per heavy atom. The van der Waals surface area contributed by atoms with E-state index in [-0.39, 0.29) is 30.2 Å². The summed E-state index contributed by atoms with van der Waals surface area (Å²) >= 11 is 0. The number of ether oxygens (including phenoxy) is 1. The zero-order valence-corrected chi connectivity index (χ0v) is 11.4. The van der Waals surface area contributed by atoms with E-state index in [9.17, 15) is 9.59 Å². The van der Waals surface area contributed by atoms with E-state index in [0.717, 1.165) is 11.1 Å². The highest BCUT2D eigenvalue weighted by molar-refractivity contribution is 6.02. The molecule has 1 aliphatic carbocycles. The predicted octanol–water partition coefficient (Wildman–Crippen LogP) is 2.34. The van der Waals surface area contributed by atoms with E-state index in [1.807, 2.05) is 60.7 Å². The summed E-state index contributed by atoms with van der Waals surface area (Å²) in [5.41, 5.74) is 1.48. The second-order valence-electron chi connectivity index (χ2n) is 5.63. The van der Waals surface area contributed by atoms with Crippen LogP contribution in [0.25, 0.3) is 0 Å². The molecule has 0 spiro atoms. The lowest BCUT2D eigenvalue weighted by molar-refractivity contribution is -0.154. The van der Waals surface area contributed by atoms with E-state index in [4.69, 9.17) is 4.74 Å². The molecule has 0 radical (unpaired) electrons. The topological polar surface area (TPSA) is 43.4 Å². The van der Waals surface area contributed by atoms with Gasteiger partial charge < -0.3 is 4.74 Å². The van der Waals surface area contributed by atoms with Gasteiger partial charge in [0.2, 0.25) is 0 Å². The number of cyclic esters (lactones) is 1.